The van der Waals surface area contributed by atoms with E-state index in [0.717, 1.165) is 43.5 Å². The van der Waals surface area contributed by atoms with Crippen LogP contribution in [0.15, 0.2) is 60.7 Å². The van der Waals surface area contributed by atoms with Gasteiger partial charge in [-0.2, -0.15) is 0 Å². The van der Waals surface area contributed by atoms with Crippen molar-refractivity contribution in [2.45, 2.75) is 44.8 Å². The molecule has 0 bridgehead atoms. The molecule has 0 heterocycles. The Morgan fingerprint density at radius 2 is 1.97 bits per heavy atom. The molecule has 184 valence electrons. The predicted octanol–water partition coefficient (Wildman–Crippen LogP) is 5.83. The van der Waals surface area contributed by atoms with E-state index in [1.165, 1.54) is 11.1 Å². The third-order valence-corrected chi connectivity index (χ3v) is 6.44. The van der Waals surface area contributed by atoms with E-state index in [-0.39, 0.29) is 11.6 Å². The molecule has 0 aromatic heterocycles. The highest BCUT2D eigenvalue weighted by Gasteiger charge is 2.20. The average Bonchev–Trinajstić information content (AvgIpc) is 2.85. The number of carboxylic acids is 1. The molecule has 1 aliphatic carbocycles. The largest absolute Gasteiger partial charge is 0.478 e. The van der Waals surface area contributed by atoms with Gasteiger partial charge >= 0.3 is 5.97 Å². The van der Waals surface area contributed by atoms with Gasteiger partial charge in [-0.25, -0.2) is 4.79 Å². The third-order valence-electron chi connectivity index (χ3n) is 6.21. The number of benzene rings is 3. The van der Waals surface area contributed by atoms with Crippen molar-refractivity contribution >= 4 is 23.3 Å². The van der Waals surface area contributed by atoms with E-state index in [1.54, 1.807) is 24.3 Å². The first kappa shape index (κ1) is 25.0. The molecule has 0 spiro atoms. The number of anilines is 1. The average molecular weight is 495 g/mol. The molecule has 0 unspecified atom stereocenters. The molecule has 7 heteroatoms. The standard InChI is InChI=1S/C28H31ClN2O4/c1-2-10-30-24-13-21(28(33)34)15-26(16-24)35-25-9-7-18-6-8-23(12-20(18)14-25)31-17-27(32)19-4-3-5-22(29)11-19/h3-5,7,9,11,13-16,23,27,30-32H,2,6,8,10,12,17H2,1H3,(H,33,34)/t23-,27-/m0/s1. The van der Waals surface area contributed by atoms with Gasteiger partial charge in [0, 0.05) is 35.9 Å². The molecule has 0 amide bonds. The minimum absolute atomic E-state index is 0.182. The maximum atomic E-state index is 11.6. The summed E-state index contributed by atoms with van der Waals surface area (Å²) in [6, 6.07) is 18.6. The minimum atomic E-state index is -0.991. The van der Waals surface area contributed by atoms with E-state index in [1.807, 2.05) is 30.3 Å². The summed E-state index contributed by atoms with van der Waals surface area (Å²) in [6.07, 6.45) is 3.07. The number of aromatic carboxylic acids is 1. The van der Waals surface area contributed by atoms with Gasteiger partial charge in [-0.15, -0.1) is 0 Å². The van der Waals surface area contributed by atoms with Crippen LogP contribution in [0.4, 0.5) is 5.69 Å². The molecule has 4 N–H and O–H groups in total. The fourth-order valence-electron chi connectivity index (χ4n) is 4.37. The number of carbonyl (C=O) groups is 1. The highest BCUT2D eigenvalue weighted by molar-refractivity contribution is 6.30. The highest BCUT2D eigenvalue weighted by atomic mass is 35.5. The molecule has 2 atom stereocenters. The Morgan fingerprint density at radius 3 is 2.74 bits per heavy atom. The summed E-state index contributed by atoms with van der Waals surface area (Å²) in [6.45, 7) is 3.26. The van der Waals surface area contributed by atoms with E-state index in [9.17, 15) is 15.0 Å². The van der Waals surface area contributed by atoms with Crippen molar-refractivity contribution in [1.29, 1.82) is 0 Å². The zero-order valence-corrected chi connectivity index (χ0v) is 20.5. The van der Waals surface area contributed by atoms with Crippen LogP contribution in [-0.2, 0) is 12.8 Å². The quantitative estimate of drug-likeness (QED) is 0.283. The van der Waals surface area contributed by atoms with Crippen LogP contribution in [0.2, 0.25) is 5.02 Å². The number of hydrogen-bond donors (Lipinski definition) is 4. The first-order valence-corrected chi connectivity index (χ1v) is 12.4. The number of aliphatic hydroxyl groups is 1. The summed E-state index contributed by atoms with van der Waals surface area (Å²) in [5, 5.41) is 27.3. The fourth-order valence-corrected chi connectivity index (χ4v) is 4.57. The Bertz CT molecular complexity index is 1180. The van der Waals surface area contributed by atoms with Crippen LogP contribution < -0.4 is 15.4 Å². The molecule has 0 saturated carbocycles. The normalized spacial score (nSPS) is 15.8. The Kier molecular flexibility index (Phi) is 8.29. The molecule has 0 aliphatic heterocycles. The number of carboxylic acid groups (broad SMARTS) is 1. The number of fused-ring (bicyclic) bond motifs is 1. The fraction of sp³-hybridized carbons (Fsp3) is 0.321. The smallest absolute Gasteiger partial charge is 0.335 e. The molecular formula is C28H31ClN2O4. The second-order valence-corrected chi connectivity index (χ2v) is 9.37. The van der Waals surface area contributed by atoms with Gasteiger partial charge in [-0.1, -0.05) is 36.7 Å². The monoisotopic (exact) mass is 494 g/mol. The summed E-state index contributed by atoms with van der Waals surface area (Å²) in [5.74, 6) is 0.167. The predicted molar refractivity (Wildman–Crippen MR) is 139 cm³/mol. The summed E-state index contributed by atoms with van der Waals surface area (Å²) in [7, 11) is 0. The van der Waals surface area contributed by atoms with Gasteiger partial charge in [0.05, 0.1) is 11.7 Å². The Balaban J connectivity index is 1.42. The highest BCUT2D eigenvalue weighted by Crippen LogP contribution is 2.31. The maximum absolute atomic E-state index is 11.6. The minimum Gasteiger partial charge on any atom is -0.478 e. The lowest BCUT2D eigenvalue weighted by Gasteiger charge is -2.27. The number of nitrogens with one attached hydrogen (secondary N) is 2. The van der Waals surface area contributed by atoms with Crippen LogP contribution >= 0.6 is 11.6 Å². The zero-order valence-electron chi connectivity index (χ0n) is 19.8. The molecule has 0 saturated heterocycles. The molecule has 35 heavy (non-hydrogen) atoms. The van der Waals surface area contributed by atoms with Crippen molar-refractivity contribution < 1.29 is 19.7 Å². The van der Waals surface area contributed by atoms with Gasteiger partial charge in [0.15, 0.2) is 0 Å². The van der Waals surface area contributed by atoms with Gasteiger partial charge in [0.2, 0.25) is 0 Å². The second kappa shape index (κ2) is 11.6. The van der Waals surface area contributed by atoms with Gasteiger partial charge in [0.25, 0.3) is 0 Å². The lowest BCUT2D eigenvalue weighted by atomic mass is 9.88. The van der Waals surface area contributed by atoms with Crippen molar-refractivity contribution in [2.24, 2.45) is 0 Å². The van der Waals surface area contributed by atoms with E-state index < -0.39 is 12.1 Å². The number of halogens is 1. The molecule has 3 aromatic rings. The van der Waals surface area contributed by atoms with Crippen molar-refractivity contribution in [3.8, 4) is 11.5 Å². The zero-order chi connectivity index (χ0) is 24.8. The number of aliphatic hydroxyl groups excluding tert-OH is 1. The second-order valence-electron chi connectivity index (χ2n) is 8.93. The van der Waals surface area contributed by atoms with Crippen molar-refractivity contribution in [3.63, 3.8) is 0 Å². The first-order chi connectivity index (χ1) is 16.9. The molecule has 0 fully saturated rings. The van der Waals surface area contributed by atoms with E-state index in [0.29, 0.717) is 23.1 Å². The SMILES string of the molecule is CCCNc1cc(Oc2ccc3c(c2)C[C@@H](NC[C@H](O)c2cccc(Cl)c2)CC3)cc(C(=O)O)c1. The Labute approximate surface area is 210 Å². The molecule has 6 nitrogen and oxygen atoms in total. The summed E-state index contributed by atoms with van der Waals surface area (Å²) >= 11 is 6.05. The van der Waals surface area contributed by atoms with Crippen molar-refractivity contribution in [3.05, 3.63) is 87.9 Å². The van der Waals surface area contributed by atoms with Gasteiger partial charge in [-0.05, 0) is 78.8 Å². The Hall–Kier alpha value is -3.06. The van der Waals surface area contributed by atoms with Crippen LogP contribution in [0.25, 0.3) is 0 Å². The number of hydrogen-bond acceptors (Lipinski definition) is 5. The topological polar surface area (TPSA) is 90.8 Å². The van der Waals surface area contributed by atoms with Crippen molar-refractivity contribution in [2.75, 3.05) is 18.4 Å². The van der Waals surface area contributed by atoms with Gasteiger partial charge in [-0.3, -0.25) is 0 Å². The molecule has 1 aliphatic rings. The maximum Gasteiger partial charge on any atom is 0.335 e. The third kappa shape index (κ3) is 6.75. The molecular weight excluding hydrogens is 464 g/mol. The van der Waals surface area contributed by atoms with Gasteiger partial charge in [0.1, 0.15) is 11.5 Å². The van der Waals surface area contributed by atoms with E-state index in [2.05, 4.69) is 23.6 Å². The molecule has 0 radical (unpaired) electrons. The van der Waals surface area contributed by atoms with Crippen LogP contribution in [0.5, 0.6) is 11.5 Å². The summed E-state index contributed by atoms with van der Waals surface area (Å²) in [5.41, 5.74) is 4.19. The van der Waals surface area contributed by atoms with Crippen molar-refractivity contribution in [1.82, 2.24) is 5.32 Å². The number of rotatable bonds is 10. The summed E-state index contributed by atoms with van der Waals surface area (Å²) < 4.78 is 6.08. The van der Waals surface area contributed by atoms with Crippen LogP contribution in [0, 0.1) is 0 Å². The first-order valence-electron chi connectivity index (χ1n) is 12.0. The van der Waals surface area contributed by atoms with Crippen LogP contribution in [0.3, 0.4) is 0 Å². The molecule has 4 rings (SSSR count). The lowest BCUT2D eigenvalue weighted by Crippen LogP contribution is -2.37. The van der Waals surface area contributed by atoms with Crippen LogP contribution in [-0.4, -0.2) is 35.3 Å². The Morgan fingerprint density at radius 1 is 1.11 bits per heavy atom. The lowest BCUT2D eigenvalue weighted by molar-refractivity contribution is 0.0696. The van der Waals surface area contributed by atoms with E-state index in [4.69, 9.17) is 16.3 Å². The number of ether oxygens (including phenoxy) is 1. The summed E-state index contributed by atoms with van der Waals surface area (Å²) in [4.78, 5) is 11.6. The van der Waals surface area contributed by atoms with Crippen LogP contribution in [0.1, 0.15) is 52.9 Å². The van der Waals surface area contributed by atoms with Gasteiger partial charge < -0.3 is 25.6 Å². The van der Waals surface area contributed by atoms with E-state index >= 15 is 0 Å². The number of aryl methyl sites for hydroxylation is 1. The molecule has 3 aromatic carbocycles.